The number of aliphatic hydroxyl groups excluding tert-OH is 2. The highest BCUT2D eigenvalue weighted by molar-refractivity contribution is 4.54. The summed E-state index contributed by atoms with van der Waals surface area (Å²) in [5.74, 6) is 0. The molecule has 0 spiro atoms. The number of hydrogen-bond acceptors (Lipinski definition) is 3. The lowest BCUT2D eigenvalue weighted by Crippen LogP contribution is -2.20. The van der Waals surface area contributed by atoms with Gasteiger partial charge in [0.05, 0.1) is 25.4 Å². The van der Waals surface area contributed by atoms with Crippen LogP contribution in [-0.4, -0.2) is 35.6 Å². The molecule has 0 heterocycles. The third-order valence-corrected chi connectivity index (χ3v) is 1.71. The number of rotatable bonds is 7. The van der Waals surface area contributed by atoms with Crippen LogP contribution in [0.4, 0.5) is 0 Å². The van der Waals surface area contributed by atoms with E-state index in [-0.39, 0.29) is 12.2 Å². The fraction of sp³-hybridized carbons (Fsp3) is 1.00. The molecule has 2 unspecified atom stereocenters. The van der Waals surface area contributed by atoms with Crippen LogP contribution in [-0.2, 0) is 4.74 Å². The molecule has 0 aromatic carbocycles. The molecule has 0 aliphatic heterocycles. The molecular formula is C9H20O3. The maximum Gasteiger partial charge on any atom is 0.0773 e. The summed E-state index contributed by atoms with van der Waals surface area (Å²) < 4.78 is 5.10. The maximum atomic E-state index is 9.23. The zero-order valence-electron chi connectivity index (χ0n) is 7.99. The first-order valence-electron chi connectivity index (χ1n) is 4.64. The summed E-state index contributed by atoms with van der Waals surface area (Å²) in [6, 6.07) is 0. The molecule has 0 fully saturated rings. The monoisotopic (exact) mass is 176 g/mol. The zero-order chi connectivity index (χ0) is 9.40. The molecule has 12 heavy (non-hydrogen) atoms. The van der Waals surface area contributed by atoms with E-state index in [1.807, 2.05) is 13.8 Å². The van der Waals surface area contributed by atoms with Crippen molar-refractivity contribution in [2.75, 3.05) is 13.2 Å². The predicted octanol–water partition coefficient (Wildman–Crippen LogP) is 0.935. The minimum Gasteiger partial charge on any atom is -0.391 e. The summed E-state index contributed by atoms with van der Waals surface area (Å²) in [5.41, 5.74) is 0. The quantitative estimate of drug-likeness (QED) is 0.607. The fourth-order valence-electron chi connectivity index (χ4n) is 0.875. The minimum atomic E-state index is -0.390. The first-order chi connectivity index (χ1) is 5.70. The van der Waals surface area contributed by atoms with Gasteiger partial charge in [0.15, 0.2) is 0 Å². The molecule has 3 nitrogen and oxygen atoms in total. The SMILES string of the molecule is CCCC(O)COCC(O)CC. The Morgan fingerprint density at radius 2 is 1.67 bits per heavy atom. The third-order valence-electron chi connectivity index (χ3n) is 1.71. The largest absolute Gasteiger partial charge is 0.391 e. The highest BCUT2D eigenvalue weighted by Crippen LogP contribution is 1.98. The van der Waals surface area contributed by atoms with Crippen molar-refractivity contribution in [2.45, 2.75) is 45.3 Å². The molecule has 0 saturated heterocycles. The van der Waals surface area contributed by atoms with Crippen LogP contribution >= 0.6 is 0 Å². The molecule has 2 N–H and O–H groups in total. The van der Waals surface area contributed by atoms with Crippen LogP contribution in [0.1, 0.15) is 33.1 Å². The molecule has 0 rings (SSSR count). The molecule has 0 aliphatic rings. The molecule has 0 aromatic rings. The van der Waals surface area contributed by atoms with Gasteiger partial charge in [0.2, 0.25) is 0 Å². The molecule has 0 radical (unpaired) electrons. The molecule has 0 aliphatic carbocycles. The molecule has 2 atom stereocenters. The van der Waals surface area contributed by atoms with Gasteiger partial charge in [0.1, 0.15) is 0 Å². The van der Waals surface area contributed by atoms with Crippen molar-refractivity contribution >= 4 is 0 Å². The van der Waals surface area contributed by atoms with Crippen LogP contribution in [0.2, 0.25) is 0 Å². The van der Waals surface area contributed by atoms with Gasteiger partial charge in [0, 0.05) is 0 Å². The van der Waals surface area contributed by atoms with E-state index in [0.29, 0.717) is 19.6 Å². The van der Waals surface area contributed by atoms with E-state index in [1.54, 1.807) is 0 Å². The smallest absolute Gasteiger partial charge is 0.0773 e. The van der Waals surface area contributed by atoms with Gasteiger partial charge in [-0.2, -0.15) is 0 Å². The lowest BCUT2D eigenvalue weighted by atomic mass is 10.2. The zero-order valence-corrected chi connectivity index (χ0v) is 7.99. The van der Waals surface area contributed by atoms with Gasteiger partial charge in [-0.15, -0.1) is 0 Å². The molecule has 0 saturated carbocycles. The molecule has 74 valence electrons. The van der Waals surface area contributed by atoms with E-state index in [4.69, 9.17) is 9.84 Å². The molecule has 0 aromatic heterocycles. The van der Waals surface area contributed by atoms with Crippen LogP contribution in [0.15, 0.2) is 0 Å². The van der Waals surface area contributed by atoms with Gasteiger partial charge in [0.25, 0.3) is 0 Å². The summed E-state index contributed by atoms with van der Waals surface area (Å²) in [5, 5.41) is 18.3. The Morgan fingerprint density at radius 1 is 1.08 bits per heavy atom. The molecular weight excluding hydrogens is 156 g/mol. The fourth-order valence-corrected chi connectivity index (χ4v) is 0.875. The van der Waals surface area contributed by atoms with E-state index in [1.165, 1.54) is 0 Å². The Balaban J connectivity index is 3.18. The van der Waals surface area contributed by atoms with Gasteiger partial charge in [-0.25, -0.2) is 0 Å². The average Bonchev–Trinajstić information content (AvgIpc) is 2.04. The standard InChI is InChI=1S/C9H20O3/c1-3-5-9(11)7-12-6-8(10)4-2/h8-11H,3-7H2,1-2H3. The van der Waals surface area contributed by atoms with Gasteiger partial charge >= 0.3 is 0 Å². The van der Waals surface area contributed by atoms with Crippen molar-refractivity contribution in [2.24, 2.45) is 0 Å². The van der Waals surface area contributed by atoms with Crippen molar-refractivity contribution in [3.8, 4) is 0 Å². The van der Waals surface area contributed by atoms with Crippen LogP contribution in [0.3, 0.4) is 0 Å². The summed E-state index contributed by atoms with van der Waals surface area (Å²) in [7, 11) is 0. The van der Waals surface area contributed by atoms with Crippen molar-refractivity contribution < 1.29 is 14.9 Å². The van der Waals surface area contributed by atoms with Gasteiger partial charge in [-0.05, 0) is 12.8 Å². The number of hydrogen-bond donors (Lipinski definition) is 2. The second kappa shape index (κ2) is 7.53. The second-order valence-corrected chi connectivity index (χ2v) is 3.04. The van der Waals surface area contributed by atoms with E-state index in [2.05, 4.69) is 0 Å². The van der Waals surface area contributed by atoms with Crippen molar-refractivity contribution in [3.05, 3.63) is 0 Å². The van der Waals surface area contributed by atoms with Gasteiger partial charge in [-0.1, -0.05) is 20.3 Å². The van der Waals surface area contributed by atoms with Gasteiger partial charge < -0.3 is 14.9 Å². The maximum absolute atomic E-state index is 9.23. The van der Waals surface area contributed by atoms with E-state index in [0.717, 1.165) is 12.8 Å². The number of aliphatic hydroxyl groups is 2. The molecule has 0 bridgehead atoms. The third kappa shape index (κ3) is 6.58. The van der Waals surface area contributed by atoms with Crippen LogP contribution in [0.25, 0.3) is 0 Å². The Labute approximate surface area is 74.4 Å². The Bertz CT molecular complexity index is 95.8. The number of ether oxygens (including phenoxy) is 1. The molecule has 3 heteroatoms. The summed E-state index contributed by atoms with van der Waals surface area (Å²) in [6.07, 6.45) is 1.66. The Hall–Kier alpha value is -0.120. The highest BCUT2D eigenvalue weighted by Gasteiger charge is 2.04. The van der Waals surface area contributed by atoms with E-state index in [9.17, 15) is 5.11 Å². The second-order valence-electron chi connectivity index (χ2n) is 3.04. The van der Waals surface area contributed by atoms with Crippen LogP contribution in [0, 0.1) is 0 Å². The first kappa shape index (κ1) is 11.9. The summed E-state index contributed by atoms with van der Waals surface area (Å²) in [6.45, 7) is 4.59. The van der Waals surface area contributed by atoms with Gasteiger partial charge in [-0.3, -0.25) is 0 Å². The van der Waals surface area contributed by atoms with E-state index >= 15 is 0 Å². The first-order valence-corrected chi connectivity index (χ1v) is 4.64. The van der Waals surface area contributed by atoms with Crippen molar-refractivity contribution in [1.29, 1.82) is 0 Å². The molecule has 0 amide bonds. The Morgan fingerprint density at radius 3 is 2.17 bits per heavy atom. The van der Waals surface area contributed by atoms with Crippen molar-refractivity contribution in [3.63, 3.8) is 0 Å². The normalized spacial score (nSPS) is 16.0. The summed E-state index contributed by atoms with van der Waals surface area (Å²) in [4.78, 5) is 0. The van der Waals surface area contributed by atoms with Crippen LogP contribution in [0.5, 0.6) is 0 Å². The summed E-state index contributed by atoms with van der Waals surface area (Å²) >= 11 is 0. The predicted molar refractivity (Wildman–Crippen MR) is 48.0 cm³/mol. The minimum absolute atomic E-state index is 0.331. The topological polar surface area (TPSA) is 49.7 Å². The van der Waals surface area contributed by atoms with Crippen LogP contribution < -0.4 is 0 Å². The van der Waals surface area contributed by atoms with Crippen molar-refractivity contribution in [1.82, 2.24) is 0 Å². The lowest BCUT2D eigenvalue weighted by Gasteiger charge is -2.12. The average molecular weight is 176 g/mol. The lowest BCUT2D eigenvalue weighted by molar-refractivity contribution is -0.0105. The Kier molecular flexibility index (Phi) is 7.45. The van der Waals surface area contributed by atoms with E-state index < -0.39 is 0 Å². The highest BCUT2D eigenvalue weighted by atomic mass is 16.5.